The molecule has 31 heavy (non-hydrogen) atoms. The van der Waals surface area contributed by atoms with Crippen LogP contribution in [-0.4, -0.2) is 75.4 Å². The molecule has 4 N–H and O–H groups in total. The van der Waals surface area contributed by atoms with Crippen LogP contribution in [0.25, 0.3) is 0 Å². The first-order valence-electron chi connectivity index (χ1n) is 9.85. The molecule has 1 aromatic heterocycles. The minimum Gasteiger partial charge on any atom is -0.484 e. The lowest BCUT2D eigenvalue weighted by molar-refractivity contribution is -0.135. The SMILES string of the molecule is Cc1ccc(OCC(=O)N[C@@H]2CN(C(=O)Cc3ccn[nH]3)CC[C@@H]2O)cc1C.O=CO. The van der Waals surface area contributed by atoms with E-state index >= 15 is 0 Å². The summed E-state index contributed by atoms with van der Waals surface area (Å²) in [7, 11) is 0. The number of benzene rings is 1. The van der Waals surface area contributed by atoms with Crippen molar-refractivity contribution < 1.29 is 29.3 Å². The van der Waals surface area contributed by atoms with E-state index in [-0.39, 0.29) is 37.9 Å². The second-order valence-electron chi connectivity index (χ2n) is 7.27. The van der Waals surface area contributed by atoms with Crippen LogP contribution in [0.2, 0.25) is 0 Å². The number of hydrogen-bond donors (Lipinski definition) is 4. The number of carbonyl (C=O) groups is 3. The van der Waals surface area contributed by atoms with Crippen LogP contribution in [-0.2, 0) is 20.8 Å². The molecule has 10 heteroatoms. The molecular weight excluding hydrogens is 404 g/mol. The Balaban J connectivity index is 0.00000107. The second-order valence-corrected chi connectivity index (χ2v) is 7.27. The normalized spacial score (nSPS) is 17.8. The maximum atomic E-state index is 12.4. The van der Waals surface area contributed by atoms with Gasteiger partial charge in [0.15, 0.2) is 6.61 Å². The van der Waals surface area contributed by atoms with Crippen molar-refractivity contribution in [1.82, 2.24) is 20.4 Å². The number of piperidine rings is 1. The Morgan fingerprint density at radius 1 is 1.32 bits per heavy atom. The summed E-state index contributed by atoms with van der Waals surface area (Å²) in [4.78, 5) is 34.7. The molecule has 2 amide bonds. The van der Waals surface area contributed by atoms with Gasteiger partial charge in [-0.2, -0.15) is 5.10 Å². The van der Waals surface area contributed by atoms with Gasteiger partial charge in [-0.1, -0.05) is 6.07 Å². The van der Waals surface area contributed by atoms with Gasteiger partial charge in [0, 0.05) is 25.0 Å². The number of amides is 2. The van der Waals surface area contributed by atoms with Gasteiger partial charge in [0.2, 0.25) is 5.91 Å². The van der Waals surface area contributed by atoms with Gasteiger partial charge >= 0.3 is 0 Å². The van der Waals surface area contributed by atoms with E-state index in [2.05, 4.69) is 15.5 Å². The molecule has 1 saturated heterocycles. The van der Waals surface area contributed by atoms with Crippen molar-refractivity contribution in [2.75, 3.05) is 19.7 Å². The average molecular weight is 432 g/mol. The highest BCUT2D eigenvalue weighted by molar-refractivity contribution is 5.79. The third-order valence-electron chi connectivity index (χ3n) is 5.02. The van der Waals surface area contributed by atoms with Crippen molar-refractivity contribution in [3.63, 3.8) is 0 Å². The van der Waals surface area contributed by atoms with Crippen molar-refractivity contribution in [3.8, 4) is 5.75 Å². The number of carboxylic acid groups (broad SMARTS) is 1. The van der Waals surface area contributed by atoms with Crippen LogP contribution in [0.3, 0.4) is 0 Å². The van der Waals surface area contributed by atoms with Crippen LogP contribution in [0.1, 0.15) is 23.2 Å². The van der Waals surface area contributed by atoms with Crippen molar-refractivity contribution >= 4 is 18.3 Å². The first-order valence-corrected chi connectivity index (χ1v) is 9.85. The van der Waals surface area contributed by atoms with Gasteiger partial charge in [-0.25, -0.2) is 0 Å². The quantitative estimate of drug-likeness (QED) is 0.484. The molecule has 2 aromatic rings. The molecule has 1 aliphatic heterocycles. The first kappa shape index (κ1) is 23.9. The predicted octanol–water partition coefficient (Wildman–Crippen LogP) is 0.427. The molecule has 3 rings (SSSR count). The summed E-state index contributed by atoms with van der Waals surface area (Å²) in [5, 5.41) is 26.5. The number of nitrogens with one attached hydrogen (secondary N) is 2. The smallest absolute Gasteiger partial charge is 0.290 e. The van der Waals surface area contributed by atoms with Gasteiger partial charge < -0.3 is 25.2 Å². The Bertz CT molecular complexity index is 871. The Morgan fingerprint density at radius 3 is 2.71 bits per heavy atom. The molecule has 0 saturated carbocycles. The van der Waals surface area contributed by atoms with Crippen LogP contribution in [0.4, 0.5) is 0 Å². The number of nitrogens with zero attached hydrogens (tertiary/aromatic N) is 2. The Morgan fingerprint density at radius 2 is 2.06 bits per heavy atom. The molecule has 0 bridgehead atoms. The molecule has 2 heterocycles. The largest absolute Gasteiger partial charge is 0.484 e. The molecule has 0 spiro atoms. The summed E-state index contributed by atoms with van der Waals surface area (Å²) in [5.41, 5.74) is 2.98. The number of aliphatic hydroxyl groups excluding tert-OH is 1. The maximum absolute atomic E-state index is 12.4. The van der Waals surface area contributed by atoms with Gasteiger partial charge in [0.05, 0.1) is 18.6 Å². The number of aliphatic hydroxyl groups is 1. The van der Waals surface area contributed by atoms with E-state index in [9.17, 15) is 14.7 Å². The van der Waals surface area contributed by atoms with E-state index in [1.807, 2.05) is 32.0 Å². The number of likely N-dealkylation sites (tertiary alicyclic amines) is 1. The van der Waals surface area contributed by atoms with Gasteiger partial charge in [-0.05, 0) is 49.6 Å². The molecule has 1 aromatic carbocycles. The van der Waals surface area contributed by atoms with Crippen LogP contribution < -0.4 is 10.1 Å². The summed E-state index contributed by atoms with van der Waals surface area (Å²) in [5.74, 6) is 0.228. The number of carbonyl (C=O) groups excluding carboxylic acids is 2. The van der Waals surface area contributed by atoms with Gasteiger partial charge in [0.25, 0.3) is 12.4 Å². The lowest BCUT2D eigenvalue weighted by Gasteiger charge is -2.36. The topological polar surface area (TPSA) is 145 Å². The molecule has 0 radical (unpaired) electrons. The van der Waals surface area contributed by atoms with Crippen LogP contribution in [0, 0.1) is 13.8 Å². The average Bonchev–Trinajstić information content (AvgIpc) is 3.24. The van der Waals surface area contributed by atoms with E-state index < -0.39 is 12.1 Å². The van der Waals surface area contributed by atoms with Crippen LogP contribution >= 0.6 is 0 Å². The number of ether oxygens (including phenoxy) is 1. The minimum absolute atomic E-state index is 0.0678. The molecule has 1 fully saturated rings. The number of aryl methyl sites for hydroxylation is 2. The van der Waals surface area contributed by atoms with E-state index in [0.29, 0.717) is 18.7 Å². The first-order chi connectivity index (χ1) is 14.8. The van der Waals surface area contributed by atoms with Crippen molar-refractivity contribution in [3.05, 3.63) is 47.3 Å². The molecule has 2 atom stereocenters. The summed E-state index contributed by atoms with van der Waals surface area (Å²) in [6.07, 6.45) is 1.53. The second kappa shape index (κ2) is 11.7. The zero-order valence-electron chi connectivity index (χ0n) is 17.6. The fourth-order valence-corrected chi connectivity index (χ4v) is 3.17. The van der Waals surface area contributed by atoms with Gasteiger partial charge in [-0.15, -0.1) is 0 Å². The monoisotopic (exact) mass is 432 g/mol. The minimum atomic E-state index is -0.693. The number of H-pyrrole nitrogens is 1. The zero-order valence-corrected chi connectivity index (χ0v) is 17.6. The van der Waals surface area contributed by atoms with Gasteiger partial charge in [-0.3, -0.25) is 19.5 Å². The lowest BCUT2D eigenvalue weighted by atomic mass is 10.0. The number of aromatic amines is 1. The number of aromatic nitrogens is 2. The Hall–Kier alpha value is -3.40. The standard InChI is InChI=1S/C20H26N4O4.CH2O2/c1-13-3-4-16(9-14(13)2)28-12-19(26)22-17-11-24(8-6-18(17)25)20(27)10-15-5-7-21-23-15;2-1-3/h3-5,7,9,17-18,25H,6,8,10-12H2,1-2H3,(H,21,23)(H,22,26);1H,(H,2,3)/t17-,18+;/m1./s1. The summed E-state index contributed by atoms with van der Waals surface area (Å²) < 4.78 is 5.54. The molecule has 0 aliphatic carbocycles. The Labute approximate surface area is 180 Å². The third kappa shape index (κ3) is 7.41. The van der Waals surface area contributed by atoms with Crippen molar-refractivity contribution in [1.29, 1.82) is 0 Å². The summed E-state index contributed by atoms with van der Waals surface area (Å²) in [6.45, 7) is 4.32. The highest BCUT2D eigenvalue weighted by Crippen LogP contribution is 2.16. The lowest BCUT2D eigenvalue weighted by Crippen LogP contribution is -2.57. The molecule has 10 nitrogen and oxygen atoms in total. The number of hydrogen-bond acceptors (Lipinski definition) is 6. The predicted molar refractivity (Wildman–Crippen MR) is 112 cm³/mol. The Kier molecular flexibility index (Phi) is 9.01. The van der Waals surface area contributed by atoms with E-state index in [1.54, 1.807) is 17.2 Å². The zero-order chi connectivity index (χ0) is 22.8. The number of rotatable bonds is 6. The molecule has 0 unspecified atom stereocenters. The van der Waals surface area contributed by atoms with Crippen LogP contribution in [0.5, 0.6) is 5.75 Å². The fourth-order valence-electron chi connectivity index (χ4n) is 3.17. The maximum Gasteiger partial charge on any atom is 0.290 e. The van der Waals surface area contributed by atoms with Crippen LogP contribution in [0.15, 0.2) is 30.5 Å². The summed E-state index contributed by atoms with van der Waals surface area (Å²) in [6, 6.07) is 6.88. The molecule has 1 aliphatic rings. The van der Waals surface area contributed by atoms with E-state index in [1.165, 1.54) is 0 Å². The van der Waals surface area contributed by atoms with E-state index in [0.717, 1.165) is 16.8 Å². The highest BCUT2D eigenvalue weighted by Gasteiger charge is 2.31. The molecule has 168 valence electrons. The molecular formula is C21H28N4O6. The fraction of sp³-hybridized carbons (Fsp3) is 0.429. The van der Waals surface area contributed by atoms with Gasteiger partial charge in [0.1, 0.15) is 5.75 Å². The van der Waals surface area contributed by atoms with Crippen molar-refractivity contribution in [2.45, 2.75) is 38.8 Å². The van der Waals surface area contributed by atoms with Crippen molar-refractivity contribution in [2.24, 2.45) is 0 Å². The van der Waals surface area contributed by atoms with E-state index in [4.69, 9.17) is 14.6 Å². The highest BCUT2D eigenvalue weighted by atomic mass is 16.5. The third-order valence-corrected chi connectivity index (χ3v) is 5.02. The summed E-state index contributed by atoms with van der Waals surface area (Å²) >= 11 is 0.